The molecule has 0 aliphatic carbocycles. The molecule has 1 aromatic carbocycles. The molecular formula is C21H21N4O3S+. The first-order valence-electron chi connectivity index (χ1n) is 9.38. The molecule has 3 heterocycles. The Kier molecular flexibility index (Phi) is 4.79. The topological polar surface area (TPSA) is 98.4 Å². The minimum atomic E-state index is -3.90. The van der Waals surface area contributed by atoms with Gasteiger partial charge in [-0.2, -0.15) is 0 Å². The Bertz CT molecular complexity index is 1380. The number of sulfone groups is 1. The van der Waals surface area contributed by atoms with E-state index in [0.717, 1.165) is 12.8 Å². The summed E-state index contributed by atoms with van der Waals surface area (Å²) in [5.74, 6) is 0.0852. The maximum atomic E-state index is 13.3. The van der Waals surface area contributed by atoms with E-state index in [1.54, 1.807) is 47.2 Å². The zero-order chi connectivity index (χ0) is 20.6. The fourth-order valence-corrected chi connectivity index (χ4v) is 4.79. The van der Waals surface area contributed by atoms with Crippen molar-refractivity contribution in [1.29, 1.82) is 0 Å². The van der Waals surface area contributed by atoms with Crippen LogP contribution in [0.3, 0.4) is 0 Å². The monoisotopic (exact) mass is 409 g/mol. The number of fused-ring (bicyclic) bond motifs is 2. The highest BCUT2D eigenvalue weighted by molar-refractivity contribution is 7.91. The van der Waals surface area contributed by atoms with Crippen molar-refractivity contribution in [3.05, 3.63) is 71.1 Å². The van der Waals surface area contributed by atoms with Crippen molar-refractivity contribution in [3.63, 3.8) is 0 Å². The highest BCUT2D eigenvalue weighted by Crippen LogP contribution is 2.26. The van der Waals surface area contributed by atoms with Crippen molar-refractivity contribution in [3.8, 4) is 0 Å². The molecule has 0 fully saturated rings. The maximum absolute atomic E-state index is 13.3. The normalized spacial score (nSPS) is 11.9. The lowest BCUT2D eigenvalue weighted by Gasteiger charge is -2.12. The Balaban J connectivity index is 2.11. The van der Waals surface area contributed by atoms with Gasteiger partial charge in [-0.05, 0) is 36.8 Å². The Labute approximate surface area is 168 Å². The fraction of sp³-hybridized carbons (Fsp3) is 0.190. The molecule has 0 aliphatic heterocycles. The molecule has 0 aliphatic rings. The van der Waals surface area contributed by atoms with E-state index in [-0.39, 0.29) is 26.6 Å². The van der Waals surface area contributed by atoms with Gasteiger partial charge in [0.05, 0.1) is 11.4 Å². The first-order valence-corrected chi connectivity index (χ1v) is 10.9. The second kappa shape index (κ2) is 7.29. The molecule has 2 N–H and O–H groups in total. The smallest absolute Gasteiger partial charge is 0.278 e. The van der Waals surface area contributed by atoms with Gasteiger partial charge in [0.15, 0.2) is 0 Å². The number of rotatable bonds is 5. The van der Waals surface area contributed by atoms with Crippen molar-refractivity contribution < 1.29 is 13.0 Å². The molecule has 8 heteroatoms. The van der Waals surface area contributed by atoms with Gasteiger partial charge in [0.25, 0.3) is 11.2 Å². The number of nitrogens with two attached hydrogens (primary N) is 1. The van der Waals surface area contributed by atoms with Crippen LogP contribution in [-0.4, -0.2) is 17.8 Å². The Morgan fingerprint density at radius 2 is 1.83 bits per heavy atom. The number of nitrogens with zero attached hydrogens (tertiary/aromatic N) is 3. The van der Waals surface area contributed by atoms with E-state index in [2.05, 4.69) is 4.98 Å². The highest BCUT2D eigenvalue weighted by Gasteiger charge is 2.29. The zero-order valence-corrected chi connectivity index (χ0v) is 16.8. The third kappa shape index (κ3) is 3.15. The molecule has 0 atom stereocenters. The number of hydrogen-bond acceptors (Lipinski definition) is 5. The molecule has 0 saturated carbocycles. The summed E-state index contributed by atoms with van der Waals surface area (Å²) >= 11 is 0. The number of nitrogen functional groups attached to an aromatic ring is 1. The average Bonchev–Trinajstić information content (AvgIpc) is 2.74. The summed E-state index contributed by atoms with van der Waals surface area (Å²) in [6.07, 6.45) is 3.27. The molecule has 0 radical (unpaired) electrons. The largest absolute Gasteiger partial charge is 0.317 e. The zero-order valence-electron chi connectivity index (χ0n) is 15.9. The summed E-state index contributed by atoms with van der Waals surface area (Å²) in [6.45, 7) is 2.49. The molecule has 0 amide bonds. The molecule has 0 saturated heterocycles. The van der Waals surface area contributed by atoms with Crippen molar-refractivity contribution in [2.45, 2.75) is 36.1 Å². The molecule has 4 rings (SSSR count). The third-order valence-corrected chi connectivity index (χ3v) is 6.70. The molecule has 0 unspecified atom stereocenters. The molecule has 4 aromatic rings. The predicted octanol–water partition coefficient (Wildman–Crippen LogP) is 2.35. The maximum Gasteiger partial charge on any atom is 0.278 e. The Morgan fingerprint density at radius 3 is 2.55 bits per heavy atom. The number of benzene rings is 1. The number of pyridine rings is 2. The van der Waals surface area contributed by atoms with E-state index in [9.17, 15) is 13.2 Å². The number of anilines is 1. The van der Waals surface area contributed by atoms with Gasteiger partial charge in [0.2, 0.25) is 21.3 Å². The van der Waals surface area contributed by atoms with Crippen molar-refractivity contribution >= 4 is 32.3 Å². The fourth-order valence-electron chi connectivity index (χ4n) is 3.36. The molecule has 0 bridgehead atoms. The molecular weight excluding hydrogens is 388 g/mol. The van der Waals surface area contributed by atoms with E-state index in [4.69, 9.17) is 5.73 Å². The average molecular weight is 409 g/mol. The van der Waals surface area contributed by atoms with Crippen LogP contribution in [0.15, 0.2) is 75.4 Å². The van der Waals surface area contributed by atoms with Crippen LogP contribution in [-0.2, 0) is 16.4 Å². The second-order valence-corrected chi connectivity index (χ2v) is 8.72. The van der Waals surface area contributed by atoms with E-state index in [0.29, 0.717) is 17.8 Å². The summed E-state index contributed by atoms with van der Waals surface area (Å²) < 4.78 is 29.6. The van der Waals surface area contributed by atoms with Gasteiger partial charge in [-0.15, -0.1) is 0 Å². The third-order valence-electron chi connectivity index (χ3n) is 4.90. The van der Waals surface area contributed by atoms with Gasteiger partial charge >= 0.3 is 0 Å². The van der Waals surface area contributed by atoms with Crippen LogP contribution >= 0.6 is 0 Å². The summed E-state index contributed by atoms with van der Waals surface area (Å²) in [6, 6.07) is 14.7. The lowest BCUT2D eigenvalue weighted by atomic mass is 10.2. The number of hydrogen-bond donors (Lipinski definition) is 1. The minimum absolute atomic E-state index is 0.0814. The molecule has 148 valence electrons. The van der Waals surface area contributed by atoms with E-state index < -0.39 is 9.84 Å². The second-order valence-electron chi connectivity index (χ2n) is 6.80. The van der Waals surface area contributed by atoms with Crippen LogP contribution in [0.1, 0.15) is 19.8 Å². The standard InChI is InChI=1S/C21H20N4O3S/c1-2-3-12-25-19(22)17(29(27,28)15-9-5-4-6-10-15)14-16-20(25)23-18-11-7-8-13-24(18)21(16)26/h4-11,13-14,22H,2-3,12H2,1H3/p+1. The number of aromatic nitrogens is 3. The van der Waals surface area contributed by atoms with Crippen molar-refractivity contribution in [2.75, 3.05) is 5.73 Å². The lowest BCUT2D eigenvalue weighted by molar-refractivity contribution is -0.660. The summed E-state index contributed by atoms with van der Waals surface area (Å²) in [5, 5.41) is 0.216. The van der Waals surface area contributed by atoms with E-state index in [1.165, 1.54) is 22.6 Å². The van der Waals surface area contributed by atoms with Gasteiger partial charge in [-0.1, -0.05) is 42.6 Å². The van der Waals surface area contributed by atoms with Gasteiger partial charge < -0.3 is 5.73 Å². The summed E-state index contributed by atoms with van der Waals surface area (Å²) in [7, 11) is -3.90. The van der Waals surface area contributed by atoms with Gasteiger partial charge in [-0.25, -0.2) is 13.0 Å². The van der Waals surface area contributed by atoms with Crippen LogP contribution in [0.2, 0.25) is 0 Å². The minimum Gasteiger partial charge on any atom is -0.317 e. The van der Waals surface area contributed by atoms with Gasteiger partial charge in [-0.3, -0.25) is 9.20 Å². The Morgan fingerprint density at radius 1 is 1.10 bits per heavy atom. The number of aryl methyl sites for hydroxylation is 1. The quantitative estimate of drug-likeness (QED) is 0.403. The van der Waals surface area contributed by atoms with E-state index >= 15 is 0 Å². The first-order chi connectivity index (χ1) is 13.9. The molecule has 7 nitrogen and oxygen atoms in total. The van der Waals surface area contributed by atoms with Crippen LogP contribution in [0.4, 0.5) is 5.82 Å². The molecule has 3 aromatic heterocycles. The van der Waals surface area contributed by atoms with Crippen LogP contribution in [0, 0.1) is 0 Å². The van der Waals surface area contributed by atoms with Gasteiger partial charge in [0.1, 0.15) is 10.3 Å². The molecule has 0 spiro atoms. The SMILES string of the molecule is CCCC[n+]1c(N)c(S(=O)(=O)c2ccccc2)cc2c(=O)n3ccccc3nc21. The van der Waals surface area contributed by atoms with Crippen LogP contribution < -0.4 is 15.9 Å². The first kappa shape index (κ1) is 19.1. The highest BCUT2D eigenvalue weighted by atomic mass is 32.2. The van der Waals surface area contributed by atoms with Crippen molar-refractivity contribution in [2.24, 2.45) is 0 Å². The molecule has 29 heavy (non-hydrogen) atoms. The Hall–Kier alpha value is -3.26. The van der Waals surface area contributed by atoms with E-state index in [1.807, 2.05) is 6.92 Å². The van der Waals surface area contributed by atoms with Crippen LogP contribution in [0.25, 0.3) is 16.7 Å². The van der Waals surface area contributed by atoms with Gasteiger partial charge in [0, 0.05) is 6.20 Å². The predicted molar refractivity (Wildman–Crippen MR) is 110 cm³/mol. The summed E-state index contributed by atoms with van der Waals surface area (Å²) in [4.78, 5) is 17.8. The lowest BCUT2D eigenvalue weighted by Crippen LogP contribution is -2.41. The van der Waals surface area contributed by atoms with Crippen LogP contribution in [0.5, 0.6) is 0 Å². The summed E-state index contributed by atoms with van der Waals surface area (Å²) in [5.41, 5.74) is 6.88. The number of unbranched alkanes of at least 4 members (excludes halogenated alkanes) is 1. The van der Waals surface area contributed by atoms with Crippen molar-refractivity contribution in [1.82, 2.24) is 9.38 Å².